The van der Waals surface area contributed by atoms with Crippen LogP contribution in [0.15, 0.2) is 45.4 Å². The minimum absolute atomic E-state index is 0. The molecule has 24 heavy (non-hydrogen) atoms. The highest BCUT2D eigenvalue weighted by Gasteiger charge is 2.07. The third-order valence-corrected chi connectivity index (χ3v) is 4.31. The minimum Gasteiger partial charge on any atom is -0.377 e. The van der Waals surface area contributed by atoms with Crippen molar-refractivity contribution in [3.63, 3.8) is 0 Å². The van der Waals surface area contributed by atoms with Gasteiger partial charge in [0.15, 0.2) is 5.96 Å². The summed E-state index contributed by atoms with van der Waals surface area (Å²) in [5.74, 6) is 0.961. The van der Waals surface area contributed by atoms with Gasteiger partial charge in [-0.15, -0.1) is 24.0 Å². The van der Waals surface area contributed by atoms with E-state index in [-0.39, 0.29) is 24.0 Å². The van der Waals surface area contributed by atoms with E-state index < -0.39 is 0 Å². The standard InChI is InChI=1S/C18H26BrN3O.HI/c1-3-20-18(21-11-8-15-9-12-23-13-10-15)22(2)14-16-4-6-17(19)7-5-16;/h4-7,9H,3,8,10-14H2,1-2H3,(H,20,21);1H. The molecule has 1 aliphatic heterocycles. The largest absolute Gasteiger partial charge is 0.377 e. The molecular formula is C18H27BrIN3O. The fraction of sp³-hybridized carbons (Fsp3) is 0.500. The van der Waals surface area contributed by atoms with Crippen LogP contribution in [-0.4, -0.2) is 44.2 Å². The normalized spacial score (nSPS) is 14.6. The van der Waals surface area contributed by atoms with E-state index in [1.54, 1.807) is 0 Å². The maximum Gasteiger partial charge on any atom is 0.193 e. The van der Waals surface area contributed by atoms with Gasteiger partial charge in [-0.1, -0.05) is 39.7 Å². The molecule has 134 valence electrons. The van der Waals surface area contributed by atoms with Gasteiger partial charge in [-0.3, -0.25) is 4.99 Å². The molecule has 1 heterocycles. The van der Waals surface area contributed by atoms with Gasteiger partial charge in [0.1, 0.15) is 0 Å². The van der Waals surface area contributed by atoms with Gasteiger partial charge in [-0.05, 0) is 37.5 Å². The van der Waals surface area contributed by atoms with E-state index in [1.807, 2.05) is 0 Å². The molecule has 2 rings (SSSR count). The number of guanidine groups is 1. The van der Waals surface area contributed by atoms with Crippen molar-refractivity contribution in [2.24, 2.45) is 4.99 Å². The Morgan fingerprint density at radius 1 is 1.33 bits per heavy atom. The van der Waals surface area contributed by atoms with Crippen LogP contribution < -0.4 is 5.32 Å². The third-order valence-electron chi connectivity index (χ3n) is 3.78. The molecule has 1 aromatic carbocycles. The molecular weight excluding hydrogens is 481 g/mol. The summed E-state index contributed by atoms with van der Waals surface area (Å²) in [5.41, 5.74) is 2.74. The van der Waals surface area contributed by atoms with Crippen LogP contribution in [0.3, 0.4) is 0 Å². The monoisotopic (exact) mass is 507 g/mol. The molecule has 1 aliphatic rings. The molecule has 0 aromatic heterocycles. The van der Waals surface area contributed by atoms with Crippen molar-refractivity contribution in [2.45, 2.75) is 26.3 Å². The summed E-state index contributed by atoms with van der Waals surface area (Å²) < 4.78 is 6.45. The summed E-state index contributed by atoms with van der Waals surface area (Å²) in [6.45, 7) is 6.24. The van der Waals surface area contributed by atoms with E-state index in [0.29, 0.717) is 0 Å². The molecule has 0 atom stereocenters. The van der Waals surface area contributed by atoms with E-state index in [1.165, 1.54) is 11.1 Å². The Morgan fingerprint density at radius 3 is 2.71 bits per heavy atom. The molecule has 0 spiro atoms. The first-order valence-corrected chi connectivity index (χ1v) is 8.98. The summed E-state index contributed by atoms with van der Waals surface area (Å²) in [6.07, 6.45) is 4.25. The van der Waals surface area contributed by atoms with Crippen molar-refractivity contribution in [3.8, 4) is 0 Å². The van der Waals surface area contributed by atoms with Crippen LogP contribution in [0.25, 0.3) is 0 Å². The smallest absolute Gasteiger partial charge is 0.193 e. The van der Waals surface area contributed by atoms with Gasteiger partial charge in [-0.25, -0.2) is 0 Å². The van der Waals surface area contributed by atoms with Crippen molar-refractivity contribution >= 4 is 45.9 Å². The Labute approximate surface area is 170 Å². The van der Waals surface area contributed by atoms with Crippen LogP contribution in [0.5, 0.6) is 0 Å². The van der Waals surface area contributed by atoms with Crippen LogP contribution in [-0.2, 0) is 11.3 Å². The SMILES string of the molecule is CCNC(=NCCC1=CCOCC1)N(C)Cc1ccc(Br)cc1.I. The van der Waals surface area contributed by atoms with Crippen molar-refractivity contribution in [1.29, 1.82) is 0 Å². The lowest BCUT2D eigenvalue weighted by Crippen LogP contribution is -2.38. The Balaban J connectivity index is 0.00000288. The zero-order valence-corrected chi connectivity index (χ0v) is 18.3. The van der Waals surface area contributed by atoms with Crippen molar-refractivity contribution in [1.82, 2.24) is 10.2 Å². The molecule has 6 heteroatoms. The van der Waals surface area contributed by atoms with Crippen LogP contribution in [0.1, 0.15) is 25.3 Å². The molecule has 0 unspecified atom stereocenters. The lowest BCUT2D eigenvalue weighted by molar-refractivity contribution is 0.153. The number of hydrogen-bond donors (Lipinski definition) is 1. The molecule has 0 saturated heterocycles. The second-order valence-electron chi connectivity index (χ2n) is 5.66. The highest BCUT2D eigenvalue weighted by molar-refractivity contribution is 14.0. The van der Waals surface area contributed by atoms with Gasteiger partial charge in [0, 0.05) is 31.2 Å². The third kappa shape index (κ3) is 7.53. The molecule has 0 aliphatic carbocycles. The second kappa shape index (κ2) is 11.9. The number of ether oxygens (including phenoxy) is 1. The molecule has 1 aromatic rings. The van der Waals surface area contributed by atoms with Gasteiger partial charge in [0.2, 0.25) is 0 Å². The first kappa shape index (κ1) is 21.4. The van der Waals surface area contributed by atoms with Gasteiger partial charge in [0.25, 0.3) is 0 Å². The highest BCUT2D eigenvalue weighted by Crippen LogP contribution is 2.13. The molecule has 1 N–H and O–H groups in total. The first-order valence-electron chi connectivity index (χ1n) is 8.18. The Hall–Kier alpha value is -0.600. The van der Waals surface area contributed by atoms with Crippen LogP contribution in [0.2, 0.25) is 0 Å². The summed E-state index contributed by atoms with van der Waals surface area (Å²) in [6, 6.07) is 8.42. The lowest BCUT2D eigenvalue weighted by atomic mass is 10.1. The zero-order valence-electron chi connectivity index (χ0n) is 14.4. The Kier molecular flexibility index (Phi) is 10.6. The Bertz CT molecular complexity index is 546. The molecule has 0 saturated carbocycles. The Morgan fingerprint density at radius 2 is 2.08 bits per heavy atom. The average molecular weight is 508 g/mol. The van der Waals surface area contributed by atoms with Crippen molar-refractivity contribution in [3.05, 3.63) is 46.0 Å². The van der Waals surface area contributed by atoms with E-state index >= 15 is 0 Å². The quantitative estimate of drug-likeness (QED) is 0.271. The molecule has 0 amide bonds. The maximum atomic E-state index is 5.34. The van der Waals surface area contributed by atoms with Gasteiger partial charge >= 0.3 is 0 Å². The number of benzene rings is 1. The summed E-state index contributed by atoms with van der Waals surface area (Å²) >= 11 is 3.47. The zero-order chi connectivity index (χ0) is 16.5. The fourth-order valence-electron chi connectivity index (χ4n) is 2.51. The van der Waals surface area contributed by atoms with Crippen LogP contribution in [0, 0.1) is 0 Å². The number of rotatable bonds is 6. The van der Waals surface area contributed by atoms with E-state index in [2.05, 4.69) is 70.5 Å². The number of nitrogens with zero attached hydrogens (tertiary/aromatic N) is 2. The maximum absolute atomic E-state index is 5.34. The molecule has 4 nitrogen and oxygen atoms in total. The van der Waals surface area contributed by atoms with Gasteiger partial charge < -0.3 is 15.0 Å². The predicted molar refractivity (Wildman–Crippen MR) is 115 cm³/mol. The summed E-state index contributed by atoms with van der Waals surface area (Å²) in [7, 11) is 2.08. The summed E-state index contributed by atoms with van der Waals surface area (Å²) in [5, 5.41) is 3.37. The summed E-state index contributed by atoms with van der Waals surface area (Å²) in [4.78, 5) is 6.93. The lowest BCUT2D eigenvalue weighted by Gasteiger charge is -2.22. The topological polar surface area (TPSA) is 36.9 Å². The number of nitrogens with one attached hydrogen (secondary N) is 1. The first-order chi connectivity index (χ1) is 11.2. The molecule has 0 bridgehead atoms. The van der Waals surface area contributed by atoms with Crippen molar-refractivity contribution < 1.29 is 4.74 Å². The van der Waals surface area contributed by atoms with Gasteiger partial charge in [-0.2, -0.15) is 0 Å². The molecule has 0 fully saturated rings. The van der Waals surface area contributed by atoms with Crippen LogP contribution >= 0.6 is 39.9 Å². The second-order valence-corrected chi connectivity index (χ2v) is 6.57. The number of hydrogen-bond acceptors (Lipinski definition) is 2. The van der Waals surface area contributed by atoms with Crippen molar-refractivity contribution in [2.75, 3.05) is 33.4 Å². The fourth-order valence-corrected chi connectivity index (χ4v) is 2.77. The van der Waals surface area contributed by atoms with Gasteiger partial charge in [0.05, 0.1) is 13.2 Å². The minimum atomic E-state index is 0. The van der Waals surface area contributed by atoms with Crippen LogP contribution in [0.4, 0.5) is 0 Å². The van der Waals surface area contributed by atoms with E-state index in [4.69, 9.17) is 9.73 Å². The number of halogens is 2. The van der Waals surface area contributed by atoms with E-state index in [0.717, 1.165) is 56.1 Å². The average Bonchev–Trinajstić information content (AvgIpc) is 2.57. The van der Waals surface area contributed by atoms with E-state index in [9.17, 15) is 0 Å². The number of aliphatic imine (C=N–C) groups is 1. The predicted octanol–water partition coefficient (Wildman–Crippen LogP) is 4.20. The molecule has 0 radical (unpaired) electrons. The highest BCUT2D eigenvalue weighted by atomic mass is 127.